The van der Waals surface area contributed by atoms with Gasteiger partial charge in [0.15, 0.2) is 6.10 Å². The van der Waals surface area contributed by atoms with E-state index in [0.717, 1.165) is 38.5 Å². The van der Waals surface area contributed by atoms with Gasteiger partial charge >= 0.3 is 18.3 Å². The second-order valence-electron chi connectivity index (χ2n) is 25.2. The molecule has 3 N–H and O–H groups in total. The molecular weight excluding hydrogens is 1000 g/mol. The molecule has 0 aromatic carbocycles. The zero-order chi connectivity index (χ0) is 58.5. The van der Waals surface area contributed by atoms with Crippen LogP contribution in [-0.2, 0) is 14.2 Å². The fraction of sp³-hybridized carbons (Fsp3) is 0.958. The number of unbranched alkanes of at least 4 members (excludes halogenated alkanes) is 57. The summed E-state index contributed by atoms with van der Waals surface area (Å²) in [6, 6.07) is 0. The van der Waals surface area contributed by atoms with Crippen molar-refractivity contribution in [2.75, 3.05) is 32.8 Å². The molecule has 0 saturated heterocycles. The molecule has 0 aliphatic heterocycles. The van der Waals surface area contributed by atoms with Gasteiger partial charge in [-0.15, -0.1) is 0 Å². The summed E-state index contributed by atoms with van der Waals surface area (Å²) in [4.78, 5) is 38.1. The highest BCUT2D eigenvalue weighted by atomic mass is 16.6. The predicted octanol–water partition coefficient (Wildman–Crippen LogP) is 24.0. The fourth-order valence-corrected chi connectivity index (χ4v) is 11.5. The van der Waals surface area contributed by atoms with Crippen LogP contribution in [0.25, 0.3) is 0 Å². The van der Waals surface area contributed by atoms with Gasteiger partial charge in [-0.05, 0) is 19.3 Å². The molecule has 0 bridgehead atoms. The first-order valence-corrected chi connectivity index (χ1v) is 36.8. The summed E-state index contributed by atoms with van der Waals surface area (Å²) in [5.41, 5.74) is 0. The third-order valence-corrected chi connectivity index (χ3v) is 17.0. The first-order valence-electron chi connectivity index (χ1n) is 36.8. The number of hydrogen-bond acceptors (Lipinski definition) is 6. The number of carbonyl (C=O) groups is 3. The summed E-state index contributed by atoms with van der Waals surface area (Å²) >= 11 is 0. The summed E-state index contributed by atoms with van der Waals surface area (Å²) < 4.78 is 16.6. The molecule has 0 atom stereocenters. The number of rotatable bonds is 68. The van der Waals surface area contributed by atoms with Gasteiger partial charge in [0.05, 0.1) is 0 Å². The summed E-state index contributed by atoms with van der Waals surface area (Å²) in [5.74, 6) is 0. The number of ether oxygens (including phenoxy) is 3. The van der Waals surface area contributed by atoms with Gasteiger partial charge < -0.3 is 30.2 Å². The second-order valence-corrected chi connectivity index (χ2v) is 25.2. The Hall–Kier alpha value is -2.19. The molecule has 0 radical (unpaired) electrons. The van der Waals surface area contributed by atoms with Crippen LogP contribution in [-0.4, -0.2) is 57.2 Å². The lowest BCUT2D eigenvalue weighted by atomic mass is 10.0. The van der Waals surface area contributed by atoms with Crippen LogP contribution in [0.15, 0.2) is 0 Å². The van der Waals surface area contributed by atoms with E-state index >= 15 is 0 Å². The van der Waals surface area contributed by atoms with Gasteiger partial charge in [-0.2, -0.15) is 0 Å². The molecule has 0 aliphatic carbocycles. The van der Waals surface area contributed by atoms with Crippen molar-refractivity contribution in [2.45, 2.75) is 412 Å². The van der Waals surface area contributed by atoms with Gasteiger partial charge in [0.1, 0.15) is 13.2 Å². The van der Waals surface area contributed by atoms with Crippen LogP contribution < -0.4 is 16.0 Å². The third-order valence-electron chi connectivity index (χ3n) is 17.0. The summed E-state index contributed by atoms with van der Waals surface area (Å²) in [5, 5.41) is 8.56. The van der Waals surface area contributed by atoms with Gasteiger partial charge in [0.2, 0.25) is 0 Å². The highest BCUT2D eigenvalue weighted by Gasteiger charge is 2.19. The molecule has 0 rings (SSSR count). The molecule has 0 aliphatic rings. The lowest BCUT2D eigenvalue weighted by molar-refractivity contribution is 0.00737. The Labute approximate surface area is 505 Å². The molecule has 81 heavy (non-hydrogen) atoms. The van der Waals surface area contributed by atoms with Gasteiger partial charge in [0.25, 0.3) is 0 Å². The minimum atomic E-state index is -0.907. The van der Waals surface area contributed by atoms with Crippen LogP contribution in [0.1, 0.15) is 406 Å². The smallest absolute Gasteiger partial charge is 0.407 e. The van der Waals surface area contributed by atoms with Gasteiger partial charge in [-0.3, -0.25) is 0 Å². The van der Waals surface area contributed by atoms with Crippen LogP contribution in [0.5, 0.6) is 0 Å². The molecule has 0 aromatic heterocycles. The monoisotopic (exact) mass is 1150 g/mol. The molecule has 0 aromatic rings. The third kappa shape index (κ3) is 68.5. The minimum absolute atomic E-state index is 0.190. The molecule has 0 saturated carbocycles. The standard InChI is InChI=1S/C72H143N3O6/c1-4-7-10-13-16-19-22-25-28-31-34-37-40-43-46-49-52-55-58-61-64-73-70(76)79-67-69(81-72(78)75-66-63-60-57-54-51-48-45-42-39-36-33-30-27-24-21-18-15-12-9-6-3)68-80-71(77)74-65-62-59-56-53-50-47-44-41-38-35-32-29-26-23-20-17-14-11-8-5-2/h69H,4-68H2,1-3H3,(H,73,76)(H,74,77)(H,75,78). The molecule has 3 amide bonds. The Kier molecular flexibility index (Phi) is 68.4. The van der Waals surface area contributed by atoms with Crippen molar-refractivity contribution in [3.8, 4) is 0 Å². The van der Waals surface area contributed by atoms with E-state index in [9.17, 15) is 14.4 Å². The van der Waals surface area contributed by atoms with Crippen molar-refractivity contribution >= 4 is 18.3 Å². The Balaban J connectivity index is 4.26. The zero-order valence-corrected chi connectivity index (χ0v) is 55.0. The molecule has 0 unspecified atom stereocenters. The lowest BCUT2D eigenvalue weighted by Crippen LogP contribution is -2.38. The molecular formula is C72H143N3O6. The number of carbonyl (C=O) groups excluding carboxylic acids is 3. The Bertz CT molecular complexity index is 1180. The van der Waals surface area contributed by atoms with Gasteiger partial charge in [-0.1, -0.05) is 387 Å². The minimum Gasteiger partial charge on any atom is -0.445 e. The summed E-state index contributed by atoms with van der Waals surface area (Å²) in [6.07, 6.45) is 77.5. The number of nitrogens with one attached hydrogen (secondary N) is 3. The zero-order valence-electron chi connectivity index (χ0n) is 55.0. The Morgan fingerprint density at radius 1 is 0.222 bits per heavy atom. The summed E-state index contributed by atoms with van der Waals surface area (Å²) in [7, 11) is 0. The maximum absolute atomic E-state index is 12.8. The van der Waals surface area contributed by atoms with Crippen LogP contribution in [0, 0.1) is 0 Å². The topological polar surface area (TPSA) is 115 Å². The Morgan fingerprint density at radius 3 is 0.543 bits per heavy atom. The van der Waals surface area contributed by atoms with Gasteiger partial charge in [0, 0.05) is 19.6 Å². The van der Waals surface area contributed by atoms with Crippen molar-refractivity contribution in [3.05, 3.63) is 0 Å². The van der Waals surface area contributed by atoms with E-state index < -0.39 is 24.4 Å². The van der Waals surface area contributed by atoms with Gasteiger partial charge in [-0.25, -0.2) is 14.4 Å². The van der Waals surface area contributed by atoms with E-state index in [2.05, 4.69) is 36.7 Å². The molecule has 0 heterocycles. The van der Waals surface area contributed by atoms with Crippen LogP contribution in [0.4, 0.5) is 14.4 Å². The van der Waals surface area contributed by atoms with E-state index in [0.29, 0.717) is 19.6 Å². The maximum Gasteiger partial charge on any atom is 0.407 e. The Morgan fingerprint density at radius 2 is 0.370 bits per heavy atom. The average molecular weight is 1150 g/mol. The normalized spacial score (nSPS) is 11.4. The van der Waals surface area contributed by atoms with E-state index in [1.165, 1.54) is 347 Å². The number of amides is 3. The van der Waals surface area contributed by atoms with E-state index in [4.69, 9.17) is 14.2 Å². The average Bonchev–Trinajstić information content (AvgIpc) is 3.47. The van der Waals surface area contributed by atoms with Crippen LogP contribution >= 0.6 is 0 Å². The number of alkyl carbamates (subject to hydrolysis) is 3. The molecule has 9 nitrogen and oxygen atoms in total. The van der Waals surface area contributed by atoms with Crippen molar-refractivity contribution in [1.29, 1.82) is 0 Å². The largest absolute Gasteiger partial charge is 0.445 e. The summed E-state index contributed by atoms with van der Waals surface area (Å²) in [6.45, 7) is 8.10. The molecule has 0 spiro atoms. The highest BCUT2D eigenvalue weighted by molar-refractivity contribution is 5.69. The van der Waals surface area contributed by atoms with Crippen LogP contribution in [0.2, 0.25) is 0 Å². The van der Waals surface area contributed by atoms with Crippen molar-refractivity contribution in [1.82, 2.24) is 16.0 Å². The van der Waals surface area contributed by atoms with E-state index in [1.54, 1.807) is 0 Å². The highest BCUT2D eigenvalue weighted by Crippen LogP contribution is 2.19. The fourth-order valence-electron chi connectivity index (χ4n) is 11.5. The van der Waals surface area contributed by atoms with Crippen molar-refractivity contribution in [3.63, 3.8) is 0 Å². The van der Waals surface area contributed by atoms with E-state index in [1.807, 2.05) is 0 Å². The predicted molar refractivity (Wildman–Crippen MR) is 351 cm³/mol. The SMILES string of the molecule is CCCCCCCCCCCCCCCCCCCCCCNC(=O)OCC(COC(=O)NCCCCCCCCCCCCCCCCCCCCCC)OC(=O)NCCCCCCCCCCCCCCCCCCCCCC. The number of hydrogen-bond donors (Lipinski definition) is 3. The first kappa shape index (κ1) is 78.8. The van der Waals surface area contributed by atoms with E-state index in [-0.39, 0.29) is 13.2 Å². The molecule has 0 fully saturated rings. The quantitative estimate of drug-likeness (QED) is 0.0413. The van der Waals surface area contributed by atoms with Crippen molar-refractivity contribution in [2.24, 2.45) is 0 Å². The molecule has 9 heteroatoms. The van der Waals surface area contributed by atoms with Crippen molar-refractivity contribution < 1.29 is 28.6 Å². The molecule has 482 valence electrons. The maximum atomic E-state index is 12.8. The lowest BCUT2D eigenvalue weighted by Gasteiger charge is -2.19. The second kappa shape index (κ2) is 70.3. The van der Waals surface area contributed by atoms with Crippen LogP contribution in [0.3, 0.4) is 0 Å². The first-order chi connectivity index (χ1) is 40.0.